The van der Waals surface area contributed by atoms with Gasteiger partial charge in [-0.05, 0) is 35.9 Å². The third-order valence-corrected chi connectivity index (χ3v) is 4.51. The molecule has 2 aromatic carbocycles. The van der Waals surface area contributed by atoms with E-state index in [0.29, 0.717) is 0 Å². The van der Waals surface area contributed by atoms with Crippen molar-refractivity contribution in [3.05, 3.63) is 62.8 Å². The third kappa shape index (κ3) is 3.30. The lowest BCUT2D eigenvalue weighted by Crippen LogP contribution is -1.97. The summed E-state index contributed by atoms with van der Waals surface area (Å²) < 4.78 is 19.5. The molecule has 1 atom stereocenters. The lowest BCUT2D eigenvalue weighted by atomic mass is 10.0. The molecule has 0 fully saturated rings. The second-order valence-corrected chi connectivity index (χ2v) is 6.16. The Morgan fingerprint density at radius 3 is 2.58 bits per heavy atom. The fourth-order valence-corrected chi connectivity index (χ4v) is 2.96. The molecule has 2 aromatic rings. The lowest BCUT2D eigenvalue weighted by molar-refractivity contribution is 0.410. The summed E-state index contributed by atoms with van der Waals surface area (Å²) in [6.45, 7) is 0. The van der Waals surface area contributed by atoms with Crippen molar-refractivity contribution in [3.8, 4) is 5.75 Å². The first-order chi connectivity index (χ1) is 9.02. The SMILES string of the molecule is COc1ccc(Br)cc1C(Br)c1ccc(F)c(Cl)c1. The van der Waals surface area contributed by atoms with Crippen LogP contribution >= 0.6 is 43.5 Å². The van der Waals surface area contributed by atoms with Crippen LogP contribution < -0.4 is 4.74 Å². The number of benzene rings is 2. The van der Waals surface area contributed by atoms with E-state index in [1.807, 2.05) is 18.2 Å². The smallest absolute Gasteiger partial charge is 0.141 e. The van der Waals surface area contributed by atoms with E-state index in [0.717, 1.165) is 21.3 Å². The monoisotopic (exact) mass is 406 g/mol. The third-order valence-electron chi connectivity index (χ3n) is 2.70. The Balaban J connectivity index is 2.45. The number of hydrogen-bond donors (Lipinski definition) is 0. The van der Waals surface area contributed by atoms with Gasteiger partial charge in [0.25, 0.3) is 0 Å². The van der Waals surface area contributed by atoms with Crippen LogP contribution in [0.15, 0.2) is 40.9 Å². The van der Waals surface area contributed by atoms with Gasteiger partial charge in [-0.1, -0.05) is 49.5 Å². The highest BCUT2D eigenvalue weighted by Gasteiger charge is 2.17. The van der Waals surface area contributed by atoms with Crippen LogP contribution in [-0.2, 0) is 0 Å². The second-order valence-electron chi connectivity index (χ2n) is 3.92. The van der Waals surface area contributed by atoms with Crippen LogP contribution in [0.5, 0.6) is 5.75 Å². The molecule has 0 amide bonds. The van der Waals surface area contributed by atoms with E-state index in [1.165, 1.54) is 6.07 Å². The molecule has 0 aliphatic carbocycles. The van der Waals surface area contributed by atoms with Gasteiger partial charge in [-0.3, -0.25) is 0 Å². The summed E-state index contributed by atoms with van der Waals surface area (Å²) in [6.07, 6.45) is 0. The minimum absolute atomic E-state index is 0.107. The van der Waals surface area contributed by atoms with Gasteiger partial charge in [-0.25, -0.2) is 4.39 Å². The van der Waals surface area contributed by atoms with Gasteiger partial charge < -0.3 is 4.74 Å². The van der Waals surface area contributed by atoms with E-state index in [4.69, 9.17) is 16.3 Å². The number of ether oxygens (including phenoxy) is 1. The van der Waals surface area contributed by atoms with E-state index in [2.05, 4.69) is 31.9 Å². The highest BCUT2D eigenvalue weighted by atomic mass is 79.9. The zero-order valence-electron chi connectivity index (χ0n) is 9.96. The molecule has 1 nitrogen and oxygen atoms in total. The maximum absolute atomic E-state index is 13.2. The molecule has 0 bridgehead atoms. The summed E-state index contributed by atoms with van der Waals surface area (Å²) in [5.41, 5.74) is 1.81. The number of rotatable bonds is 3. The fourth-order valence-electron chi connectivity index (χ4n) is 1.75. The quantitative estimate of drug-likeness (QED) is 0.589. The average molecular weight is 408 g/mol. The van der Waals surface area contributed by atoms with Crippen molar-refractivity contribution in [1.29, 1.82) is 0 Å². The Morgan fingerprint density at radius 2 is 1.95 bits per heavy atom. The molecular formula is C14H10Br2ClFO. The van der Waals surface area contributed by atoms with Crippen LogP contribution in [0, 0.1) is 5.82 Å². The highest BCUT2D eigenvalue weighted by molar-refractivity contribution is 9.10. The van der Waals surface area contributed by atoms with Crippen molar-refractivity contribution in [2.45, 2.75) is 4.83 Å². The van der Waals surface area contributed by atoms with Gasteiger partial charge in [0.15, 0.2) is 0 Å². The second kappa shape index (κ2) is 6.25. The Morgan fingerprint density at radius 1 is 1.21 bits per heavy atom. The van der Waals surface area contributed by atoms with E-state index < -0.39 is 5.82 Å². The molecule has 0 aliphatic rings. The number of alkyl halides is 1. The first-order valence-corrected chi connectivity index (χ1v) is 7.54. The number of halogens is 4. The van der Waals surface area contributed by atoms with Gasteiger partial charge in [0, 0.05) is 10.0 Å². The van der Waals surface area contributed by atoms with Gasteiger partial charge in [0.1, 0.15) is 11.6 Å². The zero-order valence-corrected chi connectivity index (χ0v) is 13.9. The van der Waals surface area contributed by atoms with Gasteiger partial charge in [-0.2, -0.15) is 0 Å². The Kier molecular flexibility index (Phi) is 4.87. The van der Waals surface area contributed by atoms with Gasteiger partial charge >= 0.3 is 0 Å². The van der Waals surface area contributed by atoms with Crippen molar-refractivity contribution in [2.75, 3.05) is 7.11 Å². The molecular weight excluding hydrogens is 398 g/mol. The normalized spacial score (nSPS) is 12.3. The van der Waals surface area contributed by atoms with Crippen LogP contribution in [0.3, 0.4) is 0 Å². The average Bonchev–Trinajstić information content (AvgIpc) is 2.41. The van der Waals surface area contributed by atoms with Crippen LogP contribution in [0.4, 0.5) is 4.39 Å². The zero-order chi connectivity index (χ0) is 14.0. The van der Waals surface area contributed by atoms with Gasteiger partial charge in [-0.15, -0.1) is 0 Å². The first kappa shape index (κ1) is 14.8. The van der Waals surface area contributed by atoms with Crippen molar-refractivity contribution in [2.24, 2.45) is 0 Å². The van der Waals surface area contributed by atoms with Gasteiger partial charge in [0.05, 0.1) is 17.0 Å². The maximum atomic E-state index is 13.2. The molecule has 100 valence electrons. The molecule has 0 radical (unpaired) electrons. The van der Waals surface area contributed by atoms with Crippen molar-refractivity contribution >= 4 is 43.5 Å². The highest BCUT2D eigenvalue weighted by Crippen LogP contribution is 2.38. The minimum Gasteiger partial charge on any atom is -0.496 e. The molecule has 0 N–H and O–H groups in total. The van der Waals surface area contributed by atoms with Gasteiger partial charge in [0.2, 0.25) is 0 Å². The number of methoxy groups -OCH3 is 1. The van der Waals surface area contributed by atoms with Crippen molar-refractivity contribution in [3.63, 3.8) is 0 Å². The number of hydrogen-bond acceptors (Lipinski definition) is 1. The molecule has 1 unspecified atom stereocenters. The molecule has 19 heavy (non-hydrogen) atoms. The topological polar surface area (TPSA) is 9.23 Å². The van der Waals surface area contributed by atoms with Crippen LogP contribution in [0.25, 0.3) is 0 Å². The molecule has 0 spiro atoms. The Labute approximate surface area is 133 Å². The predicted molar refractivity (Wildman–Crippen MR) is 82.9 cm³/mol. The van der Waals surface area contributed by atoms with Crippen molar-refractivity contribution < 1.29 is 9.13 Å². The molecule has 5 heteroatoms. The maximum Gasteiger partial charge on any atom is 0.141 e. The van der Waals surface area contributed by atoms with Crippen molar-refractivity contribution in [1.82, 2.24) is 0 Å². The van der Waals surface area contributed by atoms with Crippen LogP contribution in [-0.4, -0.2) is 7.11 Å². The predicted octanol–water partition coefficient (Wildman–Crippen LogP) is 5.73. The van der Waals surface area contributed by atoms with E-state index in [1.54, 1.807) is 19.2 Å². The van der Waals surface area contributed by atoms with E-state index >= 15 is 0 Å². The summed E-state index contributed by atoms with van der Waals surface area (Å²) in [5.74, 6) is 0.330. The molecule has 0 aliphatic heterocycles. The Hall–Kier alpha value is -0.580. The summed E-state index contributed by atoms with van der Waals surface area (Å²) in [6, 6.07) is 10.4. The summed E-state index contributed by atoms with van der Waals surface area (Å²) in [4.78, 5) is -0.127. The summed E-state index contributed by atoms with van der Waals surface area (Å²) in [7, 11) is 1.62. The largest absolute Gasteiger partial charge is 0.496 e. The fraction of sp³-hybridized carbons (Fsp3) is 0.143. The molecule has 0 saturated carbocycles. The standard InChI is InChI=1S/C14H10Br2ClFO/c1-19-13-5-3-9(15)7-10(13)14(16)8-2-4-12(18)11(17)6-8/h2-7,14H,1H3. The summed E-state index contributed by atoms with van der Waals surface area (Å²) >= 11 is 12.8. The summed E-state index contributed by atoms with van der Waals surface area (Å²) in [5, 5.41) is 0.107. The molecule has 2 rings (SSSR count). The van der Waals surface area contributed by atoms with E-state index in [-0.39, 0.29) is 9.85 Å². The van der Waals surface area contributed by atoms with E-state index in [9.17, 15) is 4.39 Å². The molecule has 0 heterocycles. The first-order valence-electron chi connectivity index (χ1n) is 5.45. The van der Waals surface area contributed by atoms with Crippen LogP contribution in [0.2, 0.25) is 5.02 Å². The molecule has 0 aromatic heterocycles. The minimum atomic E-state index is -0.425. The molecule has 0 saturated heterocycles. The Bertz CT molecular complexity index is 604. The van der Waals surface area contributed by atoms with Crippen LogP contribution in [0.1, 0.15) is 16.0 Å². The lowest BCUT2D eigenvalue weighted by Gasteiger charge is -2.15.